The van der Waals surface area contributed by atoms with Crippen molar-refractivity contribution < 1.29 is 4.74 Å². The zero-order chi connectivity index (χ0) is 18.3. The maximum absolute atomic E-state index is 6.38. The van der Waals surface area contributed by atoms with Gasteiger partial charge >= 0.3 is 0 Å². The lowest BCUT2D eigenvalue weighted by Gasteiger charge is -2.37. The SMILES string of the molecule is CC(C)(C)C1CCC(Oc2ccc3nc(CN)cc(C4CC4)c3c2)CC1. The van der Waals surface area contributed by atoms with Crippen molar-refractivity contribution in [3.05, 3.63) is 35.5 Å². The molecule has 0 radical (unpaired) electrons. The van der Waals surface area contributed by atoms with E-state index in [4.69, 9.17) is 15.5 Å². The van der Waals surface area contributed by atoms with Crippen LogP contribution in [0.5, 0.6) is 5.75 Å². The first-order chi connectivity index (χ1) is 12.4. The van der Waals surface area contributed by atoms with Gasteiger partial charge in [0, 0.05) is 11.9 Å². The summed E-state index contributed by atoms with van der Waals surface area (Å²) in [5.74, 6) is 2.50. The lowest BCUT2D eigenvalue weighted by Crippen LogP contribution is -2.30. The molecule has 0 unspecified atom stereocenters. The van der Waals surface area contributed by atoms with Crippen LogP contribution in [0.25, 0.3) is 10.9 Å². The molecule has 2 saturated carbocycles. The van der Waals surface area contributed by atoms with Crippen molar-refractivity contribution in [2.45, 2.75) is 77.9 Å². The van der Waals surface area contributed by atoms with E-state index in [0.29, 0.717) is 24.0 Å². The van der Waals surface area contributed by atoms with E-state index in [1.807, 2.05) is 0 Å². The van der Waals surface area contributed by atoms with Gasteiger partial charge in [0.05, 0.1) is 17.3 Å². The summed E-state index contributed by atoms with van der Waals surface area (Å²) in [6.45, 7) is 7.60. The van der Waals surface area contributed by atoms with Crippen molar-refractivity contribution in [1.82, 2.24) is 4.98 Å². The van der Waals surface area contributed by atoms with Crippen LogP contribution in [0.15, 0.2) is 24.3 Å². The second-order valence-corrected chi connectivity index (χ2v) is 9.32. The van der Waals surface area contributed by atoms with Crippen LogP contribution in [0.2, 0.25) is 0 Å². The molecule has 1 heterocycles. The molecule has 2 fully saturated rings. The normalized spacial score (nSPS) is 24.0. The van der Waals surface area contributed by atoms with E-state index in [1.54, 1.807) is 0 Å². The number of hydrogen-bond donors (Lipinski definition) is 1. The Hall–Kier alpha value is -1.61. The summed E-state index contributed by atoms with van der Waals surface area (Å²) in [4.78, 5) is 4.71. The van der Waals surface area contributed by atoms with Crippen LogP contribution in [-0.2, 0) is 6.54 Å². The maximum Gasteiger partial charge on any atom is 0.120 e. The summed E-state index contributed by atoms with van der Waals surface area (Å²) in [5.41, 5.74) is 9.72. The molecule has 26 heavy (non-hydrogen) atoms. The molecule has 0 saturated heterocycles. The van der Waals surface area contributed by atoms with Crippen molar-refractivity contribution in [2.75, 3.05) is 0 Å². The van der Waals surface area contributed by atoms with Crippen molar-refractivity contribution in [3.63, 3.8) is 0 Å². The summed E-state index contributed by atoms with van der Waals surface area (Å²) in [6, 6.07) is 8.61. The predicted octanol–water partition coefficient (Wildman–Crippen LogP) is 5.55. The third-order valence-electron chi connectivity index (χ3n) is 6.29. The molecule has 2 aliphatic carbocycles. The third-order valence-corrected chi connectivity index (χ3v) is 6.29. The van der Waals surface area contributed by atoms with Gasteiger partial charge in [-0.2, -0.15) is 0 Å². The average Bonchev–Trinajstić information content (AvgIpc) is 3.45. The van der Waals surface area contributed by atoms with Gasteiger partial charge in [0.15, 0.2) is 0 Å². The van der Waals surface area contributed by atoms with Gasteiger partial charge in [0.2, 0.25) is 0 Å². The number of rotatable bonds is 4. The molecular weight excluding hydrogens is 320 g/mol. The summed E-state index contributed by atoms with van der Waals surface area (Å²) in [6.07, 6.45) is 7.80. The number of hydrogen-bond acceptors (Lipinski definition) is 3. The number of pyridine rings is 1. The van der Waals surface area contributed by atoms with Gasteiger partial charge in [-0.05, 0) is 85.6 Å². The van der Waals surface area contributed by atoms with E-state index >= 15 is 0 Å². The van der Waals surface area contributed by atoms with Gasteiger partial charge in [-0.1, -0.05) is 20.8 Å². The fourth-order valence-corrected chi connectivity index (χ4v) is 4.44. The summed E-state index contributed by atoms with van der Waals surface area (Å²) >= 11 is 0. The fourth-order valence-electron chi connectivity index (χ4n) is 4.44. The highest BCUT2D eigenvalue weighted by Gasteiger charge is 2.31. The molecule has 1 aromatic carbocycles. The quantitative estimate of drug-likeness (QED) is 0.784. The largest absolute Gasteiger partial charge is 0.490 e. The van der Waals surface area contributed by atoms with Crippen LogP contribution < -0.4 is 10.5 Å². The van der Waals surface area contributed by atoms with Gasteiger partial charge in [0.1, 0.15) is 5.75 Å². The first-order valence-electron chi connectivity index (χ1n) is 10.2. The first-order valence-corrected chi connectivity index (χ1v) is 10.2. The summed E-state index contributed by atoms with van der Waals surface area (Å²) < 4.78 is 6.38. The first kappa shape index (κ1) is 17.8. The minimum Gasteiger partial charge on any atom is -0.490 e. The molecule has 0 atom stereocenters. The fraction of sp³-hybridized carbons (Fsp3) is 0.609. The topological polar surface area (TPSA) is 48.1 Å². The molecule has 0 aliphatic heterocycles. The summed E-state index contributed by atoms with van der Waals surface area (Å²) in [5, 5.41) is 1.26. The van der Waals surface area contributed by atoms with E-state index in [0.717, 1.165) is 22.9 Å². The second-order valence-electron chi connectivity index (χ2n) is 9.32. The molecule has 2 N–H and O–H groups in total. The molecule has 0 bridgehead atoms. The average molecular weight is 353 g/mol. The maximum atomic E-state index is 6.38. The number of fused-ring (bicyclic) bond motifs is 1. The van der Waals surface area contributed by atoms with Crippen LogP contribution in [0, 0.1) is 11.3 Å². The minimum atomic E-state index is 0.353. The van der Waals surface area contributed by atoms with Crippen LogP contribution in [0.1, 0.15) is 76.5 Å². The molecular formula is C23H32N2O. The Kier molecular flexibility index (Phi) is 4.68. The smallest absolute Gasteiger partial charge is 0.120 e. The van der Waals surface area contributed by atoms with E-state index in [1.165, 1.54) is 49.5 Å². The lowest BCUT2D eigenvalue weighted by molar-refractivity contribution is 0.0883. The Morgan fingerprint density at radius 1 is 1.04 bits per heavy atom. The van der Waals surface area contributed by atoms with Crippen molar-refractivity contribution >= 4 is 10.9 Å². The molecule has 4 rings (SSSR count). The molecule has 1 aromatic heterocycles. The molecule has 2 aromatic rings. The molecule has 2 aliphatic rings. The van der Waals surface area contributed by atoms with Crippen molar-refractivity contribution in [3.8, 4) is 5.75 Å². The highest BCUT2D eigenvalue weighted by atomic mass is 16.5. The van der Waals surface area contributed by atoms with Gasteiger partial charge < -0.3 is 10.5 Å². The Labute approximate surface area is 157 Å². The molecule has 3 nitrogen and oxygen atoms in total. The van der Waals surface area contributed by atoms with Gasteiger partial charge in [-0.25, -0.2) is 0 Å². The Balaban J connectivity index is 1.52. The monoisotopic (exact) mass is 352 g/mol. The second kappa shape index (κ2) is 6.84. The van der Waals surface area contributed by atoms with E-state index in [9.17, 15) is 0 Å². The molecule has 0 amide bonds. The number of nitrogens with two attached hydrogens (primary N) is 1. The van der Waals surface area contributed by atoms with Crippen molar-refractivity contribution in [1.29, 1.82) is 0 Å². The number of nitrogens with zero attached hydrogens (tertiary/aromatic N) is 1. The molecule has 140 valence electrons. The van der Waals surface area contributed by atoms with E-state index < -0.39 is 0 Å². The van der Waals surface area contributed by atoms with E-state index in [2.05, 4.69) is 45.0 Å². The highest BCUT2D eigenvalue weighted by molar-refractivity contribution is 5.84. The van der Waals surface area contributed by atoms with E-state index in [-0.39, 0.29) is 0 Å². The molecule has 3 heteroatoms. The van der Waals surface area contributed by atoms with Crippen LogP contribution in [0.3, 0.4) is 0 Å². The van der Waals surface area contributed by atoms with Gasteiger partial charge in [-0.15, -0.1) is 0 Å². The Bertz CT molecular complexity index is 781. The zero-order valence-electron chi connectivity index (χ0n) is 16.4. The lowest BCUT2D eigenvalue weighted by atomic mass is 9.72. The van der Waals surface area contributed by atoms with Gasteiger partial charge in [0.25, 0.3) is 0 Å². The van der Waals surface area contributed by atoms with Crippen molar-refractivity contribution in [2.24, 2.45) is 17.1 Å². The van der Waals surface area contributed by atoms with Crippen LogP contribution in [-0.4, -0.2) is 11.1 Å². The number of ether oxygens (including phenoxy) is 1. The van der Waals surface area contributed by atoms with Gasteiger partial charge in [-0.3, -0.25) is 4.98 Å². The van der Waals surface area contributed by atoms with Crippen LogP contribution >= 0.6 is 0 Å². The minimum absolute atomic E-state index is 0.353. The number of benzene rings is 1. The Morgan fingerprint density at radius 3 is 2.38 bits per heavy atom. The van der Waals surface area contributed by atoms with Crippen LogP contribution in [0.4, 0.5) is 0 Å². The summed E-state index contributed by atoms with van der Waals surface area (Å²) in [7, 11) is 0. The zero-order valence-corrected chi connectivity index (χ0v) is 16.4. The predicted molar refractivity (Wildman–Crippen MR) is 107 cm³/mol. The number of aromatic nitrogens is 1. The standard InChI is InChI=1S/C23H32N2O/c1-23(2,3)16-6-8-18(9-7-16)26-19-10-11-22-21(13-19)20(15-4-5-15)12-17(14-24)25-22/h10-13,15-16,18H,4-9,14,24H2,1-3H3. The highest BCUT2D eigenvalue weighted by Crippen LogP contribution is 2.44. The third kappa shape index (κ3) is 3.73. The molecule has 0 spiro atoms. The Morgan fingerprint density at radius 2 is 1.77 bits per heavy atom.